The van der Waals surface area contributed by atoms with Crippen molar-refractivity contribution in [2.24, 2.45) is 0 Å². The second-order valence-corrected chi connectivity index (χ2v) is 6.84. The molecule has 0 unspecified atom stereocenters. The average molecular weight is 360 g/mol. The number of hydrogen-bond donors (Lipinski definition) is 1. The van der Waals surface area contributed by atoms with Crippen LogP contribution >= 0.6 is 0 Å². The number of carbonyl (C=O) groups excluding carboxylic acids is 3. The quantitative estimate of drug-likeness (QED) is 0.834. The highest BCUT2D eigenvalue weighted by Gasteiger charge is 2.36. The Hall–Kier alpha value is -3.21. The first-order valence-electron chi connectivity index (χ1n) is 9.13. The summed E-state index contributed by atoms with van der Waals surface area (Å²) in [6.07, 6.45) is 4.88. The molecule has 1 N–H and O–H groups in total. The van der Waals surface area contributed by atoms with Crippen LogP contribution in [0.1, 0.15) is 39.5 Å². The number of nitrogens with zero attached hydrogens (tertiary/aromatic N) is 1. The fourth-order valence-electron chi connectivity index (χ4n) is 3.78. The fraction of sp³-hybridized carbons (Fsp3) is 0.227. The smallest absolute Gasteiger partial charge is 0.254 e. The highest BCUT2D eigenvalue weighted by atomic mass is 16.2. The first-order chi connectivity index (χ1) is 13.1. The molecule has 1 atom stereocenters. The summed E-state index contributed by atoms with van der Waals surface area (Å²) in [5.41, 5.74) is 3.72. The highest BCUT2D eigenvalue weighted by Crippen LogP contribution is 2.37. The zero-order valence-corrected chi connectivity index (χ0v) is 14.9. The predicted molar refractivity (Wildman–Crippen MR) is 101 cm³/mol. The van der Waals surface area contributed by atoms with Crippen molar-refractivity contribution in [1.29, 1.82) is 0 Å². The molecule has 4 rings (SSSR count). The zero-order chi connectivity index (χ0) is 18.8. The summed E-state index contributed by atoms with van der Waals surface area (Å²) < 4.78 is 0. The molecule has 0 saturated heterocycles. The maximum Gasteiger partial charge on any atom is 0.254 e. The molecule has 2 aliphatic rings. The average Bonchev–Trinajstić information content (AvgIpc) is 3.24. The van der Waals surface area contributed by atoms with Gasteiger partial charge in [-0.15, -0.1) is 0 Å². The number of fused-ring (bicyclic) bond motifs is 1. The van der Waals surface area contributed by atoms with Gasteiger partial charge in [-0.1, -0.05) is 36.4 Å². The van der Waals surface area contributed by atoms with Crippen molar-refractivity contribution < 1.29 is 14.4 Å². The van der Waals surface area contributed by atoms with Crippen LogP contribution in [0.2, 0.25) is 0 Å². The minimum absolute atomic E-state index is 0.142. The standard InChI is InChI=1S/C22H20N2O3/c25-20-10-11-21(26)24(20)19-9-8-16-6-7-17(14-18(16)19)22(27)23-13-12-15-4-2-1-3-5-15/h1-7,10-11,14,19H,8-9,12-13H2,(H,23,27)/t19-/m0/s1. The third-order valence-corrected chi connectivity index (χ3v) is 5.15. The van der Waals surface area contributed by atoms with E-state index in [0.717, 1.165) is 24.0 Å². The van der Waals surface area contributed by atoms with Crippen molar-refractivity contribution in [1.82, 2.24) is 10.2 Å². The number of rotatable bonds is 5. The van der Waals surface area contributed by atoms with E-state index in [1.807, 2.05) is 48.5 Å². The van der Waals surface area contributed by atoms with Crippen LogP contribution in [0, 0.1) is 0 Å². The molecule has 2 aromatic rings. The van der Waals surface area contributed by atoms with Gasteiger partial charge in [0, 0.05) is 24.3 Å². The van der Waals surface area contributed by atoms with Crippen molar-refractivity contribution in [3.05, 3.63) is 82.9 Å². The van der Waals surface area contributed by atoms with Crippen molar-refractivity contribution >= 4 is 17.7 Å². The summed E-state index contributed by atoms with van der Waals surface area (Å²) in [6.45, 7) is 0.552. The van der Waals surface area contributed by atoms with E-state index in [0.29, 0.717) is 18.5 Å². The molecule has 0 radical (unpaired) electrons. The van der Waals surface area contributed by atoms with Crippen molar-refractivity contribution in [2.45, 2.75) is 25.3 Å². The third-order valence-electron chi connectivity index (χ3n) is 5.15. The monoisotopic (exact) mass is 360 g/mol. The van der Waals surface area contributed by atoms with Gasteiger partial charge in [0.05, 0.1) is 6.04 Å². The summed E-state index contributed by atoms with van der Waals surface area (Å²) in [5.74, 6) is -0.706. The lowest BCUT2D eigenvalue weighted by molar-refractivity contribution is -0.139. The Morgan fingerprint density at radius 3 is 2.52 bits per heavy atom. The summed E-state index contributed by atoms with van der Waals surface area (Å²) in [7, 11) is 0. The Morgan fingerprint density at radius 1 is 1.04 bits per heavy atom. The molecule has 136 valence electrons. The summed E-state index contributed by atoms with van der Waals surface area (Å²) in [4.78, 5) is 37.8. The number of nitrogens with one attached hydrogen (secondary N) is 1. The van der Waals surface area contributed by atoms with E-state index in [9.17, 15) is 14.4 Å². The van der Waals surface area contributed by atoms with E-state index in [4.69, 9.17) is 0 Å². The van der Waals surface area contributed by atoms with Crippen LogP contribution in [-0.4, -0.2) is 29.2 Å². The Balaban J connectivity index is 1.46. The largest absolute Gasteiger partial charge is 0.352 e. The first-order valence-corrected chi connectivity index (χ1v) is 9.13. The third kappa shape index (κ3) is 3.40. The molecular formula is C22H20N2O3. The van der Waals surface area contributed by atoms with Crippen LogP contribution in [0.4, 0.5) is 0 Å². The zero-order valence-electron chi connectivity index (χ0n) is 14.9. The molecule has 1 heterocycles. The van der Waals surface area contributed by atoms with Gasteiger partial charge in [0.1, 0.15) is 0 Å². The van der Waals surface area contributed by atoms with Crippen LogP contribution in [0.5, 0.6) is 0 Å². The maximum atomic E-state index is 12.5. The SMILES string of the molecule is O=C(NCCc1ccccc1)c1ccc2c(c1)[C@@H](N1C(=O)C=CC1=O)CC2. The van der Waals surface area contributed by atoms with Gasteiger partial charge in [-0.25, -0.2) is 0 Å². The predicted octanol–water partition coefficient (Wildman–Crippen LogP) is 2.57. The van der Waals surface area contributed by atoms with Crippen LogP contribution in [0.25, 0.3) is 0 Å². The van der Waals surface area contributed by atoms with Gasteiger partial charge in [0.25, 0.3) is 17.7 Å². The van der Waals surface area contributed by atoms with Gasteiger partial charge < -0.3 is 5.32 Å². The van der Waals surface area contributed by atoms with Gasteiger partial charge in [-0.3, -0.25) is 19.3 Å². The Bertz CT molecular complexity index is 916. The molecule has 0 fully saturated rings. The lowest BCUT2D eigenvalue weighted by Gasteiger charge is -2.23. The molecule has 0 saturated carbocycles. The number of aryl methyl sites for hydroxylation is 1. The molecule has 1 aliphatic heterocycles. The topological polar surface area (TPSA) is 66.5 Å². The second kappa shape index (κ2) is 7.19. The fourth-order valence-corrected chi connectivity index (χ4v) is 3.78. The van der Waals surface area contributed by atoms with E-state index in [-0.39, 0.29) is 23.8 Å². The second-order valence-electron chi connectivity index (χ2n) is 6.84. The summed E-state index contributed by atoms with van der Waals surface area (Å²) in [5, 5.41) is 2.94. The summed E-state index contributed by atoms with van der Waals surface area (Å²) >= 11 is 0. The minimum Gasteiger partial charge on any atom is -0.352 e. The molecule has 5 heteroatoms. The van der Waals surface area contributed by atoms with E-state index >= 15 is 0 Å². The van der Waals surface area contributed by atoms with Crippen molar-refractivity contribution in [3.63, 3.8) is 0 Å². The van der Waals surface area contributed by atoms with E-state index < -0.39 is 0 Å². The van der Waals surface area contributed by atoms with Crippen LogP contribution < -0.4 is 5.32 Å². The molecule has 2 aromatic carbocycles. The number of hydrogen-bond acceptors (Lipinski definition) is 3. The molecule has 1 aliphatic carbocycles. The van der Waals surface area contributed by atoms with Gasteiger partial charge in [-0.2, -0.15) is 0 Å². The molecule has 3 amide bonds. The Morgan fingerprint density at radius 2 is 1.78 bits per heavy atom. The van der Waals surface area contributed by atoms with Crippen LogP contribution in [0.15, 0.2) is 60.7 Å². The molecule has 0 spiro atoms. The summed E-state index contributed by atoms with van der Waals surface area (Å²) in [6, 6.07) is 15.3. The Labute approximate surface area is 157 Å². The van der Waals surface area contributed by atoms with Crippen molar-refractivity contribution in [3.8, 4) is 0 Å². The lowest BCUT2D eigenvalue weighted by Crippen LogP contribution is -2.33. The number of carbonyl (C=O) groups is 3. The van der Waals surface area contributed by atoms with Gasteiger partial charge in [-0.05, 0) is 48.1 Å². The number of benzene rings is 2. The van der Waals surface area contributed by atoms with Crippen molar-refractivity contribution in [2.75, 3.05) is 6.54 Å². The van der Waals surface area contributed by atoms with Crippen LogP contribution in [0.3, 0.4) is 0 Å². The molecular weight excluding hydrogens is 340 g/mol. The molecule has 5 nitrogen and oxygen atoms in total. The van der Waals surface area contributed by atoms with E-state index in [1.54, 1.807) is 0 Å². The van der Waals surface area contributed by atoms with Gasteiger partial charge in [0.15, 0.2) is 0 Å². The molecule has 0 bridgehead atoms. The van der Waals surface area contributed by atoms with Gasteiger partial charge in [0.2, 0.25) is 0 Å². The van der Waals surface area contributed by atoms with Crippen LogP contribution in [-0.2, 0) is 22.4 Å². The lowest BCUT2D eigenvalue weighted by atomic mass is 10.0. The number of imide groups is 1. The number of amides is 3. The van der Waals surface area contributed by atoms with E-state index in [2.05, 4.69) is 5.32 Å². The minimum atomic E-state index is -0.285. The van der Waals surface area contributed by atoms with E-state index in [1.165, 1.54) is 22.6 Å². The molecule has 0 aromatic heterocycles. The molecule has 27 heavy (non-hydrogen) atoms. The maximum absolute atomic E-state index is 12.5. The highest BCUT2D eigenvalue weighted by molar-refractivity contribution is 6.13. The first kappa shape index (κ1) is 17.2. The Kier molecular flexibility index (Phi) is 4.59. The normalized spacial score (nSPS) is 18.1. The van der Waals surface area contributed by atoms with Gasteiger partial charge >= 0.3 is 0 Å².